The van der Waals surface area contributed by atoms with Crippen LogP contribution in [0.25, 0.3) is 5.69 Å². The summed E-state index contributed by atoms with van der Waals surface area (Å²) in [5, 5.41) is 0. The van der Waals surface area contributed by atoms with Gasteiger partial charge in [-0.15, -0.1) is 0 Å². The SMILES string of the molecule is Cc1cccc(CN2CCO[C@@H]2c2ccn(-c3cccc(C(F)(F)F)c3)c2)c1. The van der Waals surface area contributed by atoms with E-state index in [2.05, 4.69) is 30.0 Å². The second-order valence-electron chi connectivity index (χ2n) is 7.08. The highest BCUT2D eigenvalue weighted by Gasteiger charge is 2.31. The van der Waals surface area contributed by atoms with Crippen molar-refractivity contribution in [2.45, 2.75) is 25.9 Å². The van der Waals surface area contributed by atoms with E-state index in [9.17, 15) is 13.2 Å². The summed E-state index contributed by atoms with van der Waals surface area (Å²) in [6.07, 6.45) is -0.940. The summed E-state index contributed by atoms with van der Waals surface area (Å²) >= 11 is 0. The molecule has 3 aromatic rings. The van der Waals surface area contributed by atoms with Crippen molar-refractivity contribution in [3.05, 3.63) is 89.2 Å². The first-order valence-corrected chi connectivity index (χ1v) is 9.17. The van der Waals surface area contributed by atoms with E-state index in [-0.39, 0.29) is 6.23 Å². The normalized spacial score (nSPS) is 17.9. The molecular formula is C22H21F3N2O. The minimum Gasteiger partial charge on any atom is -0.357 e. The van der Waals surface area contributed by atoms with Crippen molar-refractivity contribution < 1.29 is 17.9 Å². The Labute approximate surface area is 162 Å². The minimum absolute atomic E-state index is 0.201. The Bertz CT molecular complexity index is 964. The highest BCUT2D eigenvalue weighted by atomic mass is 19.4. The van der Waals surface area contributed by atoms with Crippen LogP contribution in [0.5, 0.6) is 0 Å². The molecule has 0 saturated carbocycles. The average molecular weight is 386 g/mol. The minimum atomic E-state index is -4.36. The summed E-state index contributed by atoms with van der Waals surface area (Å²) in [5.74, 6) is 0. The molecule has 0 radical (unpaired) electrons. The van der Waals surface area contributed by atoms with Gasteiger partial charge in [0.15, 0.2) is 0 Å². The summed E-state index contributed by atoms with van der Waals surface area (Å²) in [6.45, 7) is 4.27. The summed E-state index contributed by atoms with van der Waals surface area (Å²) < 4.78 is 46.6. The highest BCUT2D eigenvalue weighted by molar-refractivity contribution is 5.39. The van der Waals surface area contributed by atoms with E-state index in [1.165, 1.54) is 17.2 Å². The van der Waals surface area contributed by atoms with Crippen LogP contribution in [0.1, 0.15) is 28.5 Å². The predicted octanol–water partition coefficient (Wildman–Crippen LogP) is 5.34. The number of hydrogen-bond acceptors (Lipinski definition) is 2. The van der Waals surface area contributed by atoms with Crippen LogP contribution in [-0.4, -0.2) is 22.6 Å². The summed E-state index contributed by atoms with van der Waals surface area (Å²) in [6, 6.07) is 15.6. The molecule has 0 bridgehead atoms. The summed E-state index contributed by atoms with van der Waals surface area (Å²) in [7, 11) is 0. The Kier molecular flexibility index (Phi) is 5.00. The molecule has 3 nitrogen and oxygen atoms in total. The van der Waals surface area contributed by atoms with E-state index in [0.717, 1.165) is 30.8 Å². The monoisotopic (exact) mass is 386 g/mol. The zero-order chi connectivity index (χ0) is 19.7. The predicted molar refractivity (Wildman–Crippen MR) is 101 cm³/mol. The Morgan fingerprint density at radius 1 is 1.07 bits per heavy atom. The Morgan fingerprint density at radius 2 is 1.89 bits per heavy atom. The van der Waals surface area contributed by atoms with E-state index >= 15 is 0 Å². The van der Waals surface area contributed by atoms with E-state index in [0.29, 0.717) is 12.3 Å². The lowest BCUT2D eigenvalue weighted by Gasteiger charge is -2.22. The number of alkyl halides is 3. The number of halogens is 3. The van der Waals surface area contributed by atoms with Crippen molar-refractivity contribution >= 4 is 0 Å². The first-order valence-electron chi connectivity index (χ1n) is 9.17. The fraction of sp³-hybridized carbons (Fsp3) is 0.273. The zero-order valence-corrected chi connectivity index (χ0v) is 15.5. The average Bonchev–Trinajstić information content (AvgIpc) is 3.30. The zero-order valence-electron chi connectivity index (χ0n) is 15.5. The number of aryl methyl sites for hydroxylation is 1. The van der Waals surface area contributed by atoms with Crippen LogP contribution in [0.2, 0.25) is 0 Å². The Hall–Kier alpha value is -2.57. The fourth-order valence-electron chi connectivity index (χ4n) is 3.58. The molecule has 6 heteroatoms. The molecule has 146 valence electrons. The first kappa shape index (κ1) is 18.8. The maximum Gasteiger partial charge on any atom is 0.416 e. The number of aromatic nitrogens is 1. The third-order valence-electron chi connectivity index (χ3n) is 4.93. The Morgan fingerprint density at radius 3 is 2.68 bits per heavy atom. The van der Waals surface area contributed by atoms with Crippen molar-refractivity contribution in [3.63, 3.8) is 0 Å². The third-order valence-corrected chi connectivity index (χ3v) is 4.93. The van der Waals surface area contributed by atoms with Gasteiger partial charge in [-0.2, -0.15) is 13.2 Å². The molecule has 0 unspecified atom stereocenters. The standard InChI is InChI=1S/C22H21F3N2O/c1-16-4-2-5-17(12-16)14-27-10-11-28-21(27)18-8-9-26(15-18)20-7-3-6-19(13-20)22(23,24)25/h2-9,12-13,15,21H,10-11,14H2,1H3/t21-/m1/s1. The Balaban J connectivity index is 1.55. The number of rotatable bonds is 4. The number of benzene rings is 2. The van der Waals surface area contributed by atoms with Crippen LogP contribution in [0.15, 0.2) is 67.0 Å². The summed E-state index contributed by atoms with van der Waals surface area (Å²) in [4.78, 5) is 2.24. The lowest BCUT2D eigenvalue weighted by molar-refractivity contribution is -0.137. The molecule has 2 heterocycles. The molecule has 1 aromatic heterocycles. The summed E-state index contributed by atoms with van der Waals surface area (Å²) in [5.41, 5.74) is 3.18. The topological polar surface area (TPSA) is 17.4 Å². The van der Waals surface area contributed by atoms with Crippen molar-refractivity contribution in [1.82, 2.24) is 9.47 Å². The number of ether oxygens (including phenoxy) is 1. The molecule has 1 fully saturated rings. The molecular weight excluding hydrogens is 365 g/mol. The van der Waals surface area contributed by atoms with Gasteiger partial charge < -0.3 is 9.30 Å². The number of hydrogen-bond donors (Lipinski definition) is 0. The van der Waals surface area contributed by atoms with E-state index in [4.69, 9.17) is 4.74 Å². The van der Waals surface area contributed by atoms with Gasteiger partial charge in [0.05, 0.1) is 12.2 Å². The largest absolute Gasteiger partial charge is 0.416 e. The fourth-order valence-corrected chi connectivity index (χ4v) is 3.58. The van der Waals surface area contributed by atoms with Crippen LogP contribution in [0, 0.1) is 6.92 Å². The molecule has 1 atom stereocenters. The maximum absolute atomic E-state index is 13.0. The van der Waals surface area contributed by atoms with Crippen LogP contribution in [0.4, 0.5) is 13.2 Å². The van der Waals surface area contributed by atoms with Crippen molar-refractivity contribution in [3.8, 4) is 5.69 Å². The number of nitrogens with zero attached hydrogens (tertiary/aromatic N) is 2. The molecule has 1 saturated heterocycles. The molecule has 1 aliphatic rings. The van der Waals surface area contributed by atoms with Crippen LogP contribution >= 0.6 is 0 Å². The molecule has 2 aromatic carbocycles. The highest BCUT2D eigenvalue weighted by Crippen LogP contribution is 2.32. The van der Waals surface area contributed by atoms with Gasteiger partial charge in [-0.05, 0) is 36.8 Å². The molecule has 0 amide bonds. The van der Waals surface area contributed by atoms with Gasteiger partial charge in [-0.3, -0.25) is 4.90 Å². The lowest BCUT2D eigenvalue weighted by atomic mass is 10.1. The second kappa shape index (κ2) is 7.45. The van der Waals surface area contributed by atoms with Gasteiger partial charge >= 0.3 is 6.18 Å². The third kappa shape index (κ3) is 3.98. The first-order chi connectivity index (χ1) is 13.4. The van der Waals surface area contributed by atoms with Gasteiger partial charge in [0.2, 0.25) is 0 Å². The quantitative estimate of drug-likeness (QED) is 0.603. The van der Waals surface area contributed by atoms with Crippen LogP contribution in [-0.2, 0) is 17.5 Å². The smallest absolute Gasteiger partial charge is 0.357 e. The van der Waals surface area contributed by atoms with Crippen molar-refractivity contribution in [2.24, 2.45) is 0 Å². The molecule has 28 heavy (non-hydrogen) atoms. The molecule has 1 aliphatic heterocycles. The second-order valence-corrected chi connectivity index (χ2v) is 7.08. The van der Waals surface area contributed by atoms with Gasteiger partial charge in [-0.25, -0.2) is 0 Å². The molecule has 0 spiro atoms. The molecule has 0 aliphatic carbocycles. The van der Waals surface area contributed by atoms with E-state index in [1.54, 1.807) is 16.8 Å². The van der Waals surface area contributed by atoms with Gasteiger partial charge in [0, 0.05) is 36.7 Å². The van der Waals surface area contributed by atoms with Crippen molar-refractivity contribution in [1.29, 1.82) is 0 Å². The van der Waals surface area contributed by atoms with E-state index in [1.807, 2.05) is 18.3 Å². The lowest BCUT2D eigenvalue weighted by Crippen LogP contribution is -2.23. The molecule has 0 N–H and O–H groups in total. The van der Waals surface area contributed by atoms with Gasteiger partial charge in [-0.1, -0.05) is 35.9 Å². The van der Waals surface area contributed by atoms with Crippen LogP contribution in [0.3, 0.4) is 0 Å². The van der Waals surface area contributed by atoms with Gasteiger partial charge in [0.1, 0.15) is 6.23 Å². The molecule has 4 rings (SSSR count). The van der Waals surface area contributed by atoms with E-state index < -0.39 is 11.7 Å². The van der Waals surface area contributed by atoms with Crippen molar-refractivity contribution in [2.75, 3.05) is 13.2 Å². The maximum atomic E-state index is 13.0. The van der Waals surface area contributed by atoms with Gasteiger partial charge in [0.25, 0.3) is 0 Å². The van der Waals surface area contributed by atoms with Crippen LogP contribution < -0.4 is 0 Å².